The molecular formula is C65H57N4OPt-. The molecule has 0 amide bonds. The Morgan fingerprint density at radius 1 is 0.493 bits per heavy atom. The zero-order valence-electron chi connectivity index (χ0n) is 41.5. The number of nitrogens with zero attached hydrogens (tertiary/aromatic N) is 4. The fourth-order valence-corrected chi connectivity index (χ4v) is 10.3. The van der Waals surface area contributed by atoms with Gasteiger partial charge < -0.3 is 9.67 Å². The van der Waals surface area contributed by atoms with Gasteiger partial charge in [0.1, 0.15) is 11.6 Å². The minimum Gasteiger partial charge on any atom is -0.507 e. The Balaban J connectivity index is 0.00000582. The van der Waals surface area contributed by atoms with Crippen LogP contribution < -0.4 is 0 Å². The minimum atomic E-state index is -0.401. The smallest absolute Gasteiger partial charge is 0.148 e. The van der Waals surface area contributed by atoms with Crippen LogP contribution in [0.25, 0.3) is 89.1 Å². The van der Waals surface area contributed by atoms with E-state index in [0.717, 1.165) is 94.4 Å². The van der Waals surface area contributed by atoms with Crippen molar-refractivity contribution >= 4 is 32.8 Å². The number of benzene rings is 8. The Kier molecular flexibility index (Phi) is 12.1. The van der Waals surface area contributed by atoms with E-state index in [1.807, 2.05) is 6.20 Å². The Bertz CT molecular complexity index is 3760. The van der Waals surface area contributed by atoms with Crippen molar-refractivity contribution in [3.05, 3.63) is 223 Å². The summed E-state index contributed by atoms with van der Waals surface area (Å²) in [5, 5.41) is 14.8. The molecule has 0 bridgehead atoms. The van der Waals surface area contributed by atoms with Crippen LogP contribution in [0.15, 0.2) is 194 Å². The van der Waals surface area contributed by atoms with Crippen molar-refractivity contribution < 1.29 is 26.2 Å². The Morgan fingerprint density at radius 2 is 1.11 bits per heavy atom. The number of phenols is 1. The number of hydrogen-bond acceptors (Lipinski definition) is 3. The van der Waals surface area contributed by atoms with Crippen molar-refractivity contribution in [2.45, 2.75) is 71.6 Å². The summed E-state index contributed by atoms with van der Waals surface area (Å²) in [5.74, 6) is 0.908. The third kappa shape index (κ3) is 8.30. The number of rotatable bonds is 8. The second-order valence-electron chi connectivity index (χ2n) is 21.2. The molecule has 0 saturated heterocycles. The molecule has 0 radical (unpaired) electrons. The monoisotopic (exact) mass is 1100 g/mol. The molecule has 354 valence electrons. The molecule has 11 rings (SSSR count). The third-order valence-electron chi connectivity index (χ3n) is 14.2. The number of hydrogen-bond donors (Lipinski definition) is 1. The summed E-state index contributed by atoms with van der Waals surface area (Å²) in [6, 6.07) is 70.4. The van der Waals surface area contributed by atoms with Crippen LogP contribution in [0.1, 0.15) is 77.6 Å². The van der Waals surface area contributed by atoms with Gasteiger partial charge in [-0.1, -0.05) is 200 Å². The maximum Gasteiger partial charge on any atom is 0.148 e. The first kappa shape index (κ1) is 47.4. The maximum atomic E-state index is 12.6. The number of imidazole rings is 1. The summed E-state index contributed by atoms with van der Waals surface area (Å²) in [6.45, 7) is 17.8. The zero-order valence-corrected chi connectivity index (χ0v) is 43.8. The molecule has 0 aliphatic carbocycles. The van der Waals surface area contributed by atoms with Crippen LogP contribution >= 0.6 is 0 Å². The van der Waals surface area contributed by atoms with E-state index >= 15 is 0 Å². The van der Waals surface area contributed by atoms with Crippen LogP contribution in [-0.2, 0) is 37.3 Å². The van der Waals surface area contributed by atoms with Crippen molar-refractivity contribution in [1.29, 1.82) is 0 Å². The number of fused-ring (bicyclic) bond motifs is 4. The molecular weight excluding hydrogens is 1050 g/mol. The van der Waals surface area contributed by atoms with Crippen LogP contribution in [0, 0.1) is 6.07 Å². The van der Waals surface area contributed by atoms with E-state index in [4.69, 9.17) is 9.97 Å². The second-order valence-corrected chi connectivity index (χ2v) is 21.2. The third-order valence-corrected chi connectivity index (χ3v) is 14.2. The van der Waals surface area contributed by atoms with Gasteiger partial charge in [0.05, 0.1) is 33.3 Å². The molecule has 3 heterocycles. The van der Waals surface area contributed by atoms with E-state index in [9.17, 15) is 5.11 Å². The molecule has 0 saturated carbocycles. The summed E-state index contributed by atoms with van der Waals surface area (Å²) in [5.41, 5.74) is 15.8. The summed E-state index contributed by atoms with van der Waals surface area (Å²) in [6.07, 6.45) is 1.93. The van der Waals surface area contributed by atoms with Crippen molar-refractivity contribution in [3.63, 3.8) is 0 Å². The van der Waals surface area contributed by atoms with Gasteiger partial charge >= 0.3 is 0 Å². The van der Waals surface area contributed by atoms with Gasteiger partial charge in [0.25, 0.3) is 0 Å². The minimum absolute atomic E-state index is 0. The van der Waals surface area contributed by atoms with E-state index in [1.165, 1.54) is 5.56 Å². The molecule has 0 atom stereocenters. The average molecular weight is 1110 g/mol. The van der Waals surface area contributed by atoms with Gasteiger partial charge in [0, 0.05) is 66.0 Å². The van der Waals surface area contributed by atoms with E-state index in [1.54, 1.807) is 0 Å². The summed E-state index contributed by atoms with van der Waals surface area (Å²) < 4.78 is 4.60. The maximum absolute atomic E-state index is 12.6. The number of aromatic nitrogens is 4. The SMILES string of the molecule is CC(C)(C)c1cc(-c2nc3c(-c4[c-]c(-c5nccc6c5c5ccccc5n6-c5ccccc5)cc(C(C)(C)c5ccccc5)c4)cccc3n2-c2ccccc2-c2ccccc2)c(O)c(C(C)(C)C)c1.[Pt]. The fraction of sp³-hybridized carbons (Fsp3) is 0.169. The van der Waals surface area contributed by atoms with Gasteiger partial charge in [-0.05, 0) is 70.0 Å². The molecule has 8 aromatic carbocycles. The zero-order chi connectivity index (χ0) is 48.5. The van der Waals surface area contributed by atoms with Crippen molar-refractivity contribution in [1.82, 2.24) is 19.1 Å². The Labute approximate surface area is 431 Å². The average Bonchev–Trinajstić information content (AvgIpc) is 3.93. The van der Waals surface area contributed by atoms with Gasteiger partial charge in [-0.25, -0.2) is 4.98 Å². The van der Waals surface area contributed by atoms with Crippen LogP contribution in [0.5, 0.6) is 5.75 Å². The van der Waals surface area contributed by atoms with Gasteiger partial charge in [-0.2, -0.15) is 0 Å². The first-order valence-electron chi connectivity index (χ1n) is 24.3. The van der Waals surface area contributed by atoms with Crippen molar-refractivity contribution in [2.24, 2.45) is 0 Å². The molecule has 71 heavy (non-hydrogen) atoms. The summed E-state index contributed by atoms with van der Waals surface area (Å²) in [4.78, 5) is 11.0. The Morgan fingerprint density at radius 3 is 1.83 bits per heavy atom. The topological polar surface area (TPSA) is 55.9 Å². The molecule has 0 fully saturated rings. The molecule has 5 nitrogen and oxygen atoms in total. The standard InChI is InChI=1S/C65H57N4O.Pt/c1-63(2,3)46-40-52(61(70)53(41-46)64(4,5)6)62-67-60-50(31-22-34-57(60)69(62)54-32-20-18-29-49(54)42-23-12-9-13-24-42)43-37-44(39-47(38-43)65(7,8)45-25-14-10-15-26-45)59-58-51-30-19-21-33-55(51)68(56(58)35-36-66-59)48-27-16-11-17-28-48;/h9-36,38-41,70H,1-8H3;/q-1;. The van der Waals surface area contributed by atoms with Crippen molar-refractivity contribution in [2.75, 3.05) is 0 Å². The van der Waals surface area contributed by atoms with Gasteiger partial charge in [-0.3, -0.25) is 9.55 Å². The summed E-state index contributed by atoms with van der Waals surface area (Å²) >= 11 is 0. The van der Waals surface area contributed by atoms with Crippen LogP contribution in [-0.4, -0.2) is 24.2 Å². The number of aromatic hydroxyl groups is 1. The number of phenolic OH excluding ortho intramolecular Hbond substituents is 1. The fourth-order valence-electron chi connectivity index (χ4n) is 10.3. The molecule has 3 aromatic heterocycles. The van der Waals surface area contributed by atoms with Crippen LogP contribution in [0.3, 0.4) is 0 Å². The number of para-hydroxylation sites is 4. The van der Waals surface area contributed by atoms with Crippen LogP contribution in [0.4, 0.5) is 0 Å². The van der Waals surface area contributed by atoms with E-state index in [0.29, 0.717) is 11.4 Å². The molecule has 0 spiro atoms. The van der Waals surface area contributed by atoms with E-state index in [2.05, 4.69) is 259 Å². The quantitative estimate of drug-likeness (QED) is 0.154. The molecule has 1 N–H and O–H groups in total. The largest absolute Gasteiger partial charge is 0.507 e. The van der Waals surface area contributed by atoms with Gasteiger partial charge in [0.15, 0.2) is 0 Å². The first-order valence-corrected chi connectivity index (χ1v) is 24.3. The molecule has 0 aliphatic rings. The molecule has 0 unspecified atom stereocenters. The van der Waals surface area contributed by atoms with E-state index < -0.39 is 5.41 Å². The molecule has 11 aromatic rings. The van der Waals surface area contributed by atoms with Gasteiger partial charge in [0.2, 0.25) is 0 Å². The predicted molar refractivity (Wildman–Crippen MR) is 291 cm³/mol. The van der Waals surface area contributed by atoms with Crippen molar-refractivity contribution in [3.8, 4) is 62.0 Å². The van der Waals surface area contributed by atoms with Crippen LogP contribution in [0.2, 0.25) is 0 Å². The van der Waals surface area contributed by atoms with E-state index in [-0.39, 0.29) is 37.6 Å². The van der Waals surface area contributed by atoms with Gasteiger partial charge in [-0.15, -0.1) is 29.3 Å². The summed E-state index contributed by atoms with van der Waals surface area (Å²) in [7, 11) is 0. The molecule has 0 aliphatic heterocycles. The number of pyridine rings is 1. The Hall–Kier alpha value is -7.33. The normalized spacial score (nSPS) is 12.2. The second kappa shape index (κ2) is 18.1. The first-order chi connectivity index (χ1) is 33.7. The molecule has 6 heteroatoms. The predicted octanol–water partition coefficient (Wildman–Crippen LogP) is 16.6.